The Morgan fingerprint density at radius 2 is 0.734 bits per heavy atom. The van der Waals surface area contributed by atoms with Gasteiger partial charge in [-0.1, -0.05) is 194 Å². The van der Waals surface area contributed by atoms with Crippen molar-refractivity contribution in [3.05, 3.63) is 254 Å². The molecule has 0 fully saturated rings. The second-order valence-electron chi connectivity index (χ2n) is 20.0. The van der Waals surface area contributed by atoms with E-state index in [0.29, 0.717) is 33.8 Å². The highest BCUT2D eigenvalue weighted by molar-refractivity contribution is 7.26. The lowest BCUT2D eigenvalue weighted by molar-refractivity contribution is 1.03. The van der Waals surface area contributed by atoms with E-state index in [1.165, 1.54) is 0 Å². The molecule has 0 N–H and O–H groups in total. The van der Waals surface area contributed by atoms with Gasteiger partial charge in [0.1, 0.15) is 23.3 Å². The third-order valence-electron chi connectivity index (χ3n) is 16.1. The normalized spacial score (nSPS) is 13.3. The minimum atomic E-state index is -0.541. The number of benzene rings is 12. The highest BCUT2D eigenvalue weighted by Crippen LogP contribution is 2.51. The zero-order chi connectivity index (χ0) is 58.1. The molecule has 0 aliphatic carbocycles. The van der Waals surface area contributed by atoms with E-state index in [9.17, 15) is 14.6 Å². The summed E-state index contributed by atoms with van der Waals surface area (Å²) < 4.78 is 74.5. The zero-order valence-electron chi connectivity index (χ0n) is 48.6. The van der Waals surface area contributed by atoms with Crippen molar-refractivity contribution in [2.45, 2.75) is 0 Å². The van der Waals surface area contributed by atoms with E-state index in [0.717, 1.165) is 102 Å². The Balaban J connectivity index is 1.18. The number of hydrogen-bond donors (Lipinski definition) is 0. The number of rotatable bonds is 5. The molecule has 6 nitrogen and oxygen atoms in total. The Bertz CT molecular complexity index is 5880. The van der Waals surface area contributed by atoms with Crippen LogP contribution in [0.15, 0.2) is 242 Å². The Kier molecular flexibility index (Phi) is 7.70. The lowest BCUT2D eigenvalue weighted by atomic mass is 9.97. The Labute approximate surface area is 465 Å². The van der Waals surface area contributed by atoms with Gasteiger partial charge >= 0.3 is 0 Å². The van der Waals surface area contributed by atoms with Crippen molar-refractivity contribution in [1.29, 1.82) is 10.5 Å². The number of aromatic nitrogens is 4. The molecule has 79 heavy (non-hydrogen) atoms. The first kappa shape index (κ1) is 37.1. The molecule has 0 amide bonds. The molecule has 5 aromatic heterocycles. The number of nitriles is 2. The molecular formula is C72H40N6S. The van der Waals surface area contributed by atoms with Crippen LogP contribution in [-0.4, -0.2) is 18.3 Å². The fraction of sp³-hybridized carbons (Fsp3) is 0. The van der Waals surface area contributed by atoms with E-state index >= 15 is 0 Å². The first-order valence-corrected chi connectivity index (χ1v) is 26.8. The summed E-state index contributed by atoms with van der Waals surface area (Å²) in [7, 11) is 0. The summed E-state index contributed by atoms with van der Waals surface area (Å²) in [6.45, 7) is 0. The summed E-state index contributed by atoms with van der Waals surface area (Å²) in [6, 6.07) is 69.6. The van der Waals surface area contributed by atoms with Gasteiger partial charge in [0, 0.05) is 58.6 Å². The summed E-state index contributed by atoms with van der Waals surface area (Å²) >= 11 is 1.63. The third kappa shape index (κ3) is 5.86. The number of hydrogen-bond acceptors (Lipinski definition) is 3. The van der Waals surface area contributed by atoms with Crippen molar-refractivity contribution in [1.82, 2.24) is 18.3 Å². The molecule has 17 rings (SSSR count). The maximum Gasteiger partial charge on any atom is 0.104 e. The van der Waals surface area contributed by atoms with E-state index in [-0.39, 0.29) is 33.5 Å². The number of nitrogens with zero attached hydrogens (tertiary/aromatic N) is 6. The highest BCUT2D eigenvalue weighted by Gasteiger charge is 2.35. The number of thiophene rings is 1. The molecule has 0 bridgehead atoms. The Hall–Kier alpha value is -10.7. The predicted octanol–water partition coefficient (Wildman–Crippen LogP) is 19.0. The fourth-order valence-corrected chi connectivity index (χ4v) is 14.2. The Morgan fingerprint density at radius 3 is 1.23 bits per heavy atom. The van der Waals surface area contributed by atoms with Crippen molar-refractivity contribution in [2.24, 2.45) is 0 Å². The second kappa shape index (κ2) is 16.4. The quantitative estimate of drug-likeness (QED) is 0.172. The molecule has 0 saturated heterocycles. The van der Waals surface area contributed by atoms with Gasteiger partial charge in [-0.15, -0.1) is 11.3 Å². The standard InChI is InChI=1S/C72H40N6S/c73-41-57-67(75-59-29-10-3-21-47(59)48-22-4-11-30-60(48)75)68(76-61-31-12-5-23-49(61)50-24-6-13-32-62(50)76)58(42-74)70(69(57)77-63-33-14-7-25-51(63)52-26-8-15-34-64(52)77)78-65-40-44(46-28-17-19-43-18-1-2-20-45(43)46)36-37-53(65)55-38-39-56-54-27-9-16-35-66(54)79-72(56)71(55)78/h1-40H/i1D,2D,17D,18D,19D,20D,28D. The second-order valence-corrected chi connectivity index (χ2v) is 21.0. The molecule has 12 aromatic carbocycles. The highest BCUT2D eigenvalue weighted by atomic mass is 32.1. The topological polar surface area (TPSA) is 67.3 Å². The van der Waals surface area contributed by atoms with Gasteiger partial charge in [0.25, 0.3) is 0 Å². The molecule has 0 atom stereocenters. The van der Waals surface area contributed by atoms with Crippen LogP contribution in [0, 0.1) is 22.7 Å². The SMILES string of the molecule is [2H]c1c([2H])c([2H])c2c(-c3ccc4c5ccc6c7ccccc7sc6c5n(-c5c(C#N)c(-n6c7ccccc7c7ccccc76)c(-n6c7ccccc7c7ccccc76)c(C#N)c5-n5c6ccccc6c6ccccc65)c4c3)c([2H])c([2H])c([2H])c2c1[2H]. The minimum Gasteiger partial charge on any atom is -0.306 e. The summed E-state index contributed by atoms with van der Waals surface area (Å²) in [5.74, 6) is 0. The van der Waals surface area contributed by atoms with E-state index < -0.39 is 36.3 Å². The van der Waals surface area contributed by atoms with Crippen LogP contribution in [0.3, 0.4) is 0 Å². The summed E-state index contributed by atoms with van der Waals surface area (Å²) in [5.41, 5.74) is 8.84. The van der Waals surface area contributed by atoms with Crippen molar-refractivity contribution in [2.75, 3.05) is 0 Å². The van der Waals surface area contributed by atoms with Crippen LogP contribution in [0.5, 0.6) is 0 Å². The summed E-state index contributed by atoms with van der Waals surface area (Å²) in [4.78, 5) is 0. The van der Waals surface area contributed by atoms with Gasteiger partial charge in [-0.25, -0.2) is 0 Å². The van der Waals surface area contributed by atoms with Crippen molar-refractivity contribution >= 4 is 130 Å². The number of para-hydroxylation sites is 6. The van der Waals surface area contributed by atoms with Crippen LogP contribution in [0.2, 0.25) is 0 Å². The minimum absolute atomic E-state index is 0.0458. The van der Waals surface area contributed by atoms with Gasteiger partial charge in [-0.3, -0.25) is 0 Å². The van der Waals surface area contributed by atoms with E-state index in [1.807, 2.05) is 103 Å². The van der Waals surface area contributed by atoms with Crippen LogP contribution in [0.25, 0.3) is 152 Å². The van der Waals surface area contributed by atoms with Gasteiger partial charge < -0.3 is 18.3 Å². The van der Waals surface area contributed by atoms with Crippen LogP contribution < -0.4 is 0 Å². The van der Waals surface area contributed by atoms with Gasteiger partial charge in [0.2, 0.25) is 0 Å². The maximum atomic E-state index is 13.0. The van der Waals surface area contributed by atoms with E-state index in [2.05, 4.69) is 127 Å². The van der Waals surface area contributed by atoms with Crippen molar-refractivity contribution in [3.63, 3.8) is 0 Å². The molecule has 0 aliphatic heterocycles. The average molecular weight is 1030 g/mol. The van der Waals surface area contributed by atoms with Gasteiger partial charge in [-0.2, -0.15) is 10.5 Å². The van der Waals surface area contributed by atoms with Crippen molar-refractivity contribution < 1.29 is 9.60 Å². The zero-order valence-corrected chi connectivity index (χ0v) is 42.5. The molecule has 0 radical (unpaired) electrons. The molecule has 0 saturated carbocycles. The smallest absolute Gasteiger partial charge is 0.104 e. The molecule has 7 heteroatoms. The van der Waals surface area contributed by atoms with Crippen LogP contribution in [-0.2, 0) is 0 Å². The molecule has 5 heterocycles. The van der Waals surface area contributed by atoms with Gasteiger partial charge in [0.05, 0.1) is 81.2 Å². The summed E-state index contributed by atoms with van der Waals surface area (Å²) in [5, 5.41) is 35.0. The van der Waals surface area contributed by atoms with Gasteiger partial charge in [-0.05, 0) is 70.4 Å². The average Bonchev–Trinajstić information content (AvgIpc) is 1.48. The summed E-state index contributed by atoms with van der Waals surface area (Å²) in [6.07, 6.45) is 0. The molecule has 364 valence electrons. The largest absolute Gasteiger partial charge is 0.306 e. The van der Waals surface area contributed by atoms with Crippen LogP contribution in [0.4, 0.5) is 0 Å². The van der Waals surface area contributed by atoms with Gasteiger partial charge in [0.15, 0.2) is 0 Å². The first-order valence-electron chi connectivity index (χ1n) is 29.5. The fourth-order valence-electron chi connectivity index (χ4n) is 13.0. The van der Waals surface area contributed by atoms with E-state index in [1.54, 1.807) is 11.3 Å². The predicted molar refractivity (Wildman–Crippen MR) is 329 cm³/mol. The monoisotopic (exact) mass is 1030 g/mol. The molecular weight excluding hydrogens is 981 g/mol. The van der Waals surface area contributed by atoms with Crippen LogP contribution >= 0.6 is 11.3 Å². The maximum absolute atomic E-state index is 13.0. The third-order valence-corrected chi connectivity index (χ3v) is 17.3. The lowest BCUT2D eigenvalue weighted by Gasteiger charge is -2.27. The van der Waals surface area contributed by atoms with E-state index in [4.69, 9.17) is 5.48 Å². The van der Waals surface area contributed by atoms with Crippen molar-refractivity contribution in [3.8, 4) is 46.0 Å². The molecule has 0 unspecified atom stereocenters. The number of fused-ring (bicyclic) bond motifs is 17. The van der Waals surface area contributed by atoms with Crippen LogP contribution in [0.1, 0.15) is 20.7 Å². The molecule has 0 aliphatic rings. The molecule has 17 aromatic rings. The Morgan fingerprint density at radius 1 is 0.342 bits per heavy atom. The lowest BCUT2D eigenvalue weighted by Crippen LogP contribution is -2.16. The molecule has 0 spiro atoms. The first-order chi connectivity index (χ1) is 42.1.